The maximum absolute atomic E-state index is 12.2. The smallest absolute Gasteiger partial charge is 0.259 e. The third kappa shape index (κ3) is 4.66. The molecule has 7 nitrogen and oxygen atoms in total. The Bertz CT molecular complexity index is 1030. The van der Waals surface area contributed by atoms with Crippen molar-refractivity contribution >= 4 is 39.5 Å². The van der Waals surface area contributed by atoms with Gasteiger partial charge in [0.2, 0.25) is 0 Å². The minimum absolute atomic E-state index is 0.200. The number of carbonyl (C=O) groups excluding carboxylic acids is 2. The van der Waals surface area contributed by atoms with E-state index in [0.717, 1.165) is 10.3 Å². The van der Waals surface area contributed by atoms with Crippen LogP contribution in [0.4, 0.5) is 0 Å². The summed E-state index contributed by atoms with van der Waals surface area (Å²) < 4.78 is 11.5. The van der Waals surface area contributed by atoms with Crippen molar-refractivity contribution < 1.29 is 19.1 Å². The van der Waals surface area contributed by atoms with Crippen molar-refractivity contribution in [3.63, 3.8) is 0 Å². The first-order chi connectivity index (χ1) is 13.6. The maximum atomic E-state index is 12.2. The van der Waals surface area contributed by atoms with Crippen molar-refractivity contribution in [3.8, 4) is 11.5 Å². The number of ether oxygens (including phenoxy) is 2. The van der Waals surface area contributed by atoms with Gasteiger partial charge in [0.25, 0.3) is 11.8 Å². The molecule has 0 saturated carbocycles. The number of hydrogen-bond donors (Lipinski definition) is 2. The van der Waals surface area contributed by atoms with Crippen molar-refractivity contribution in [2.24, 2.45) is 5.10 Å². The van der Waals surface area contributed by atoms with Crippen LogP contribution in [0, 0.1) is 0 Å². The molecule has 0 spiro atoms. The number of amides is 2. The molecule has 0 atom stereocenters. The van der Waals surface area contributed by atoms with Crippen LogP contribution in [0.5, 0.6) is 11.5 Å². The lowest BCUT2D eigenvalue weighted by Crippen LogP contribution is -2.34. The van der Waals surface area contributed by atoms with Gasteiger partial charge in [0.15, 0.2) is 11.5 Å². The van der Waals surface area contributed by atoms with E-state index in [-0.39, 0.29) is 6.54 Å². The van der Waals surface area contributed by atoms with E-state index >= 15 is 0 Å². The maximum Gasteiger partial charge on any atom is 0.259 e. The van der Waals surface area contributed by atoms with E-state index in [1.54, 1.807) is 35.8 Å². The van der Waals surface area contributed by atoms with Gasteiger partial charge in [-0.25, -0.2) is 5.43 Å². The van der Waals surface area contributed by atoms with E-state index in [4.69, 9.17) is 9.47 Å². The average Bonchev–Trinajstić information content (AvgIpc) is 3.19. The van der Waals surface area contributed by atoms with Crippen LogP contribution >= 0.6 is 11.3 Å². The molecular weight excluding hydrogens is 378 g/mol. The van der Waals surface area contributed by atoms with Gasteiger partial charge in [-0.15, -0.1) is 11.3 Å². The third-order valence-corrected chi connectivity index (χ3v) is 4.82. The van der Waals surface area contributed by atoms with E-state index in [2.05, 4.69) is 15.8 Å². The second kappa shape index (κ2) is 9.01. The molecule has 28 heavy (non-hydrogen) atoms. The summed E-state index contributed by atoms with van der Waals surface area (Å²) in [5.41, 5.74) is 3.63. The first-order valence-corrected chi connectivity index (χ1v) is 9.28. The van der Waals surface area contributed by atoms with Gasteiger partial charge in [-0.3, -0.25) is 9.59 Å². The van der Waals surface area contributed by atoms with Gasteiger partial charge < -0.3 is 14.8 Å². The molecule has 144 valence electrons. The fourth-order valence-corrected chi connectivity index (χ4v) is 3.35. The number of hydrazone groups is 1. The van der Waals surface area contributed by atoms with Gasteiger partial charge >= 0.3 is 0 Å². The number of hydrogen-bond acceptors (Lipinski definition) is 6. The van der Waals surface area contributed by atoms with Crippen LogP contribution in [0.2, 0.25) is 0 Å². The minimum atomic E-state index is -0.428. The van der Waals surface area contributed by atoms with Crippen LogP contribution < -0.4 is 20.2 Å². The quantitative estimate of drug-likeness (QED) is 0.474. The number of nitrogens with one attached hydrogen (secondary N) is 2. The fraction of sp³-hybridized carbons (Fsp3) is 0.150. The molecule has 0 aliphatic carbocycles. The zero-order valence-corrected chi connectivity index (χ0v) is 16.2. The van der Waals surface area contributed by atoms with Crippen LogP contribution in [0.3, 0.4) is 0 Å². The number of nitrogens with zero attached hydrogens (tertiary/aromatic N) is 1. The summed E-state index contributed by atoms with van der Waals surface area (Å²) >= 11 is 1.64. The molecule has 0 saturated heterocycles. The van der Waals surface area contributed by atoms with E-state index in [0.29, 0.717) is 17.1 Å². The molecule has 2 aromatic carbocycles. The number of carbonyl (C=O) groups is 2. The monoisotopic (exact) mass is 397 g/mol. The average molecular weight is 397 g/mol. The predicted octanol–water partition coefficient (Wildman–Crippen LogP) is 2.80. The van der Waals surface area contributed by atoms with E-state index in [1.165, 1.54) is 19.6 Å². The number of methoxy groups -OCH3 is 2. The van der Waals surface area contributed by atoms with E-state index < -0.39 is 11.8 Å². The van der Waals surface area contributed by atoms with Crippen LogP contribution in [0.15, 0.2) is 52.9 Å². The lowest BCUT2D eigenvalue weighted by molar-refractivity contribution is -0.120. The molecule has 0 aliphatic rings. The lowest BCUT2D eigenvalue weighted by Gasteiger charge is -2.09. The van der Waals surface area contributed by atoms with Gasteiger partial charge in [0.1, 0.15) is 0 Å². The summed E-state index contributed by atoms with van der Waals surface area (Å²) in [6, 6.07) is 12.7. The molecule has 1 aromatic heterocycles. The Morgan fingerprint density at radius 2 is 1.89 bits per heavy atom. The highest BCUT2D eigenvalue weighted by atomic mass is 32.1. The van der Waals surface area contributed by atoms with Crippen LogP contribution in [0.1, 0.15) is 15.9 Å². The molecule has 0 unspecified atom stereocenters. The molecule has 0 aliphatic heterocycles. The van der Waals surface area contributed by atoms with Gasteiger partial charge in [0.05, 0.1) is 27.0 Å². The standard InChI is InChI=1S/C20H19N3O4S/c1-26-16-6-5-15(10-17(16)27-2)20(25)21-12-19(24)23-22-11-13-3-4-14-7-8-28-18(14)9-13/h3-11H,12H2,1-2H3,(H,21,25)(H,23,24)/b22-11+. The van der Waals surface area contributed by atoms with Crippen LogP contribution in [0.25, 0.3) is 10.1 Å². The van der Waals surface area contributed by atoms with Gasteiger partial charge in [-0.1, -0.05) is 12.1 Å². The number of benzene rings is 2. The Labute approximate surface area is 166 Å². The topological polar surface area (TPSA) is 89.0 Å². The molecule has 3 aromatic rings. The van der Waals surface area contributed by atoms with Crippen molar-refractivity contribution in [1.82, 2.24) is 10.7 Å². The first kappa shape index (κ1) is 19.4. The molecule has 0 fully saturated rings. The molecule has 2 N–H and O–H groups in total. The van der Waals surface area contributed by atoms with Gasteiger partial charge in [0, 0.05) is 10.3 Å². The predicted molar refractivity (Wildman–Crippen MR) is 109 cm³/mol. The molecule has 3 rings (SSSR count). The summed E-state index contributed by atoms with van der Waals surface area (Å²) in [7, 11) is 3.00. The second-order valence-corrected chi connectivity index (χ2v) is 6.71. The first-order valence-electron chi connectivity index (χ1n) is 8.40. The zero-order chi connectivity index (χ0) is 19.9. The Hall–Kier alpha value is -3.39. The highest BCUT2D eigenvalue weighted by Gasteiger charge is 2.11. The fourth-order valence-electron chi connectivity index (χ4n) is 2.51. The van der Waals surface area contributed by atoms with Crippen molar-refractivity contribution in [2.75, 3.05) is 20.8 Å². The van der Waals surface area contributed by atoms with Crippen molar-refractivity contribution in [3.05, 3.63) is 59.0 Å². The molecule has 1 heterocycles. The Balaban J connectivity index is 1.51. The minimum Gasteiger partial charge on any atom is -0.493 e. The second-order valence-electron chi connectivity index (χ2n) is 5.76. The molecular formula is C20H19N3O4S. The highest BCUT2D eigenvalue weighted by Crippen LogP contribution is 2.27. The molecule has 0 radical (unpaired) electrons. The van der Waals surface area contributed by atoms with E-state index in [9.17, 15) is 9.59 Å². The SMILES string of the molecule is COc1ccc(C(=O)NCC(=O)N/N=C/c2ccc3ccsc3c2)cc1OC. The Morgan fingerprint density at radius 1 is 1.07 bits per heavy atom. The summed E-state index contributed by atoms with van der Waals surface area (Å²) in [4.78, 5) is 24.1. The van der Waals surface area contributed by atoms with Crippen molar-refractivity contribution in [1.29, 1.82) is 0 Å². The largest absolute Gasteiger partial charge is 0.493 e. The number of fused-ring (bicyclic) bond motifs is 1. The van der Waals surface area contributed by atoms with E-state index in [1.807, 2.05) is 29.6 Å². The zero-order valence-electron chi connectivity index (χ0n) is 15.4. The number of thiophene rings is 1. The summed E-state index contributed by atoms with van der Waals surface area (Å²) in [6.07, 6.45) is 1.56. The Kier molecular flexibility index (Phi) is 6.23. The summed E-state index contributed by atoms with van der Waals surface area (Å²) in [5.74, 6) is 0.129. The normalized spacial score (nSPS) is 10.8. The summed E-state index contributed by atoms with van der Waals surface area (Å²) in [6.45, 7) is -0.200. The number of rotatable bonds is 7. The highest BCUT2D eigenvalue weighted by molar-refractivity contribution is 7.17. The molecule has 2 amide bonds. The lowest BCUT2D eigenvalue weighted by atomic mass is 10.2. The van der Waals surface area contributed by atoms with Crippen molar-refractivity contribution in [2.45, 2.75) is 0 Å². The van der Waals surface area contributed by atoms with Gasteiger partial charge in [-0.2, -0.15) is 5.10 Å². The van der Waals surface area contributed by atoms with Crippen LogP contribution in [-0.2, 0) is 4.79 Å². The van der Waals surface area contributed by atoms with Crippen LogP contribution in [-0.4, -0.2) is 38.8 Å². The third-order valence-electron chi connectivity index (χ3n) is 3.94. The summed E-state index contributed by atoms with van der Waals surface area (Å²) in [5, 5.41) is 9.66. The molecule has 8 heteroatoms. The van der Waals surface area contributed by atoms with Gasteiger partial charge in [-0.05, 0) is 46.7 Å². The Morgan fingerprint density at radius 3 is 2.68 bits per heavy atom. The molecule has 0 bridgehead atoms.